The highest BCUT2D eigenvalue weighted by Gasteiger charge is 2.33. The maximum atomic E-state index is 13.0. The predicted octanol–water partition coefficient (Wildman–Crippen LogP) is 3.89. The normalized spacial score (nSPS) is 20.3. The minimum absolute atomic E-state index is 0.136. The number of rotatable bonds is 6. The molecule has 2 aromatic carbocycles. The lowest BCUT2D eigenvalue weighted by Crippen LogP contribution is -2.54. The number of nitrogens with one attached hydrogen (secondary N) is 2. The summed E-state index contributed by atoms with van der Waals surface area (Å²) in [4.78, 5) is 25.1. The Morgan fingerprint density at radius 2 is 1.93 bits per heavy atom. The van der Waals surface area contributed by atoms with E-state index in [9.17, 15) is 14.0 Å². The fraction of sp³-hybridized carbons (Fsp3) is 0.333. The van der Waals surface area contributed by atoms with E-state index in [0.29, 0.717) is 17.2 Å². The molecule has 0 aliphatic carbocycles. The molecule has 1 aliphatic heterocycles. The lowest BCUT2D eigenvalue weighted by molar-refractivity contribution is -0.129. The van der Waals surface area contributed by atoms with Crippen molar-refractivity contribution in [3.63, 3.8) is 0 Å². The molecule has 3 atom stereocenters. The van der Waals surface area contributed by atoms with Crippen molar-refractivity contribution in [1.82, 2.24) is 10.6 Å². The van der Waals surface area contributed by atoms with Crippen LogP contribution in [0.25, 0.3) is 0 Å². The first-order valence-electron chi connectivity index (χ1n) is 9.18. The summed E-state index contributed by atoms with van der Waals surface area (Å²) in [6.07, 6.45) is 1.24. The maximum absolute atomic E-state index is 13.0. The molecule has 0 saturated carbocycles. The van der Waals surface area contributed by atoms with Gasteiger partial charge in [0.05, 0.1) is 11.3 Å². The van der Waals surface area contributed by atoms with E-state index in [2.05, 4.69) is 10.6 Å². The predicted molar refractivity (Wildman–Crippen MR) is 111 cm³/mol. The van der Waals surface area contributed by atoms with Crippen molar-refractivity contribution in [1.29, 1.82) is 0 Å². The summed E-state index contributed by atoms with van der Waals surface area (Å²) in [5, 5.41) is 6.19. The van der Waals surface area contributed by atoms with Gasteiger partial charge in [0, 0.05) is 10.8 Å². The van der Waals surface area contributed by atoms with Crippen LogP contribution >= 0.6 is 23.4 Å². The molecule has 2 amide bonds. The van der Waals surface area contributed by atoms with E-state index >= 15 is 0 Å². The SMILES string of the molecule is CCC(NC(=O)C1CSC(Cc2ccc(F)cc2)C(=O)N1)c1ccc(Cl)cc1. The van der Waals surface area contributed by atoms with E-state index in [1.807, 2.05) is 19.1 Å². The highest BCUT2D eigenvalue weighted by molar-refractivity contribution is 8.00. The van der Waals surface area contributed by atoms with Gasteiger partial charge in [-0.15, -0.1) is 11.8 Å². The van der Waals surface area contributed by atoms with Crippen molar-refractivity contribution in [3.8, 4) is 0 Å². The summed E-state index contributed by atoms with van der Waals surface area (Å²) in [6.45, 7) is 1.99. The number of benzene rings is 2. The zero-order valence-electron chi connectivity index (χ0n) is 15.5. The summed E-state index contributed by atoms with van der Waals surface area (Å²) in [5.74, 6) is -0.156. The molecule has 1 heterocycles. The van der Waals surface area contributed by atoms with Crippen molar-refractivity contribution in [3.05, 3.63) is 70.5 Å². The molecule has 0 spiro atoms. The van der Waals surface area contributed by atoms with E-state index in [4.69, 9.17) is 11.6 Å². The summed E-state index contributed by atoms with van der Waals surface area (Å²) >= 11 is 7.38. The zero-order chi connectivity index (χ0) is 20.1. The highest BCUT2D eigenvalue weighted by atomic mass is 35.5. The second-order valence-electron chi connectivity index (χ2n) is 6.73. The fourth-order valence-electron chi connectivity index (χ4n) is 3.11. The molecule has 3 unspecified atom stereocenters. The molecule has 2 aromatic rings. The number of thioether (sulfide) groups is 1. The van der Waals surface area contributed by atoms with Gasteiger partial charge in [-0.05, 0) is 48.2 Å². The molecule has 1 saturated heterocycles. The van der Waals surface area contributed by atoms with E-state index in [1.165, 1.54) is 23.9 Å². The van der Waals surface area contributed by atoms with Crippen molar-refractivity contribution in [2.24, 2.45) is 0 Å². The van der Waals surface area contributed by atoms with Crippen LogP contribution in [0.4, 0.5) is 4.39 Å². The van der Waals surface area contributed by atoms with E-state index < -0.39 is 6.04 Å². The fourth-order valence-corrected chi connectivity index (χ4v) is 4.43. The Morgan fingerprint density at radius 1 is 1.25 bits per heavy atom. The Bertz CT molecular complexity index is 829. The first-order valence-corrected chi connectivity index (χ1v) is 10.6. The molecule has 3 rings (SSSR count). The van der Waals surface area contributed by atoms with Crippen LogP contribution in [0.5, 0.6) is 0 Å². The smallest absolute Gasteiger partial charge is 0.243 e. The molecule has 0 bridgehead atoms. The molecule has 1 aliphatic rings. The topological polar surface area (TPSA) is 58.2 Å². The van der Waals surface area contributed by atoms with Gasteiger partial charge in [-0.2, -0.15) is 0 Å². The van der Waals surface area contributed by atoms with Crippen LogP contribution in [-0.4, -0.2) is 28.9 Å². The summed E-state index contributed by atoms with van der Waals surface area (Å²) in [7, 11) is 0. The molecule has 28 heavy (non-hydrogen) atoms. The molecular formula is C21H22ClFN2O2S. The van der Waals surface area contributed by atoms with E-state index in [1.54, 1.807) is 24.3 Å². The van der Waals surface area contributed by atoms with Crippen LogP contribution in [0, 0.1) is 5.82 Å². The van der Waals surface area contributed by atoms with E-state index in [-0.39, 0.29) is 28.9 Å². The van der Waals surface area contributed by atoms with Crippen LogP contribution in [0.15, 0.2) is 48.5 Å². The average Bonchev–Trinajstić information content (AvgIpc) is 2.70. The van der Waals surface area contributed by atoms with Gasteiger partial charge in [0.25, 0.3) is 0 Å². The molecular weight excluding hydrogens is 399 g/mol. The van der Waals surface area contributed by atoms with Crippen LogP contribution in [0.3, 0.4) is 0 Å². The quantitative estimate of drug-likeness (QED) is 0.745. The van der Waals surface area contributed by atoms with Gasteiger partial charge in [-0.1, -0.05) is 42.8 Å². The molecule has 4 nitrogen and oxygen atoms in total. The number of carbonyl (C=O) groups is 2. The summed E-state index contributed by atoms with van der Waals surface area (Å²) < 4.78 is 13.0. The molecule has 7 heteroatoms. The Morgan fingerprint density at radius 3 is 2.54 bits per heavy atom. The molecule has 1 fully saturated rings. The number of carbonyl (C=O) groups excluding carboxylic acids is 2. The third-order valence-electron chi connectivity index (χ3n) is 4.72. The lowest BCUT2D eigenvalue weighted by Gasteiger charge is -2.29. The van der Waals surface area contributed by atoms with Gasteiger partial charge >= 0.3 is 0 Å². The maximum Gasteiger partial charge on any atom is 0.243 e. The third kappa shape index (κ3) is 5.26. The van der Waals surface area contributed by atoms with Crippen molar-refractivity contribution >= 4 is 35.2 Å². The Balaban J connectivity index is 1.56. The van der Waals surface area contributed by atoms with Crippen molar-refractivity contribution < 1.29 is 14.0 Å². The van der Waals surface area contributed by atoms with Crippen molar-refractivity contribution in [2.75, 3.05) is 5.75 Å². The molecule has 2 N–H and O–H groups in total. The Labute approximate surface area is 173 Å². The number of amides is 2. The molecule has 0 radical (unpaired) electrons. The average molecular weight is 421 g/mol. The summed E-state index contributed by atoms with van der Waals surface area (Å²) in [6, 6.07) is 12.8. The highest BCUT2D eigenvalue weighted by Crippen LogP contribution is 2.24. The molecule has 148 valence electrons. The monoisotopic (exact) mass is 420 g/mol. The minimum atomic E-state index is -0.566. The number of hydrogen-bond donors (Lipinski definition) is 2. The van der Waals surface area contributed by atoms with Gasteiger partial charge in [0.1, 0.15) is 11.9 Å². The zero-order valence-corrected chi connectivity index (χ0v) is 17.0. The Kier molecular flexibility index (Phi) is 6.97. The summed E-state index contributed by atoms with van der Waals surface area (Å²) in [5.41, 5.74) is 1.87. The van der Waals surface area contributed by atoms with Crippen LogP contribution in [0.2, 0.25) is 5.02 Å². The van der Waals surface area contributed by atoms with Gasteiger partial charge in [-0.25, -0.2) is 4.39 Å². The van der Waals surface area contributed by atoms with Gasteiger partial charge in [-0.3, -0.25) is 9.59 Å². The van der Waals surface area contributed by atoms with Crippen LogP contribution in [-0.2, 0) is 16.0 Å². The van der Waals surface area contributed by atoms with Crippen LogP contribution in [0.1, 0.15) is 30.5 Å². The number of halogens is 2. The standard InChI is InChI=1S/C21H22ClFN2O2S/c1-2-17(14-5-7-15(22)8-6-14)24-20(26)18-12-28-19(21(27)25-18)11-13-3-9-16(23)10-4-13/h3-10,17-19H,2,11-12H2,1H3,(H,24,26)(H,25,27). The first-order chi connectivity index (χ1) is 13.5. The molecule has 0 aromatic heterocycles. The van der Waals surface area contributed by atoms with E-state index in [0.717, 1.165) is 17.5 Å². The third-order valence-corrected chi connectivity index (χ3v) is 6.28. The second kappa shape index (κ2) is 9.43. The number of hydrogen-bond acceptors (Lipinski definition) is 3. The largest absolute Gasteiger partial charge is 0.347 e. The first kappa shape index (κ1) is 20.7. The Hall–Kier alpha value is -2.05. The van der Waals surface area contributed by atoms with Crippen molar-refractivity contribution in [2.45, 2.75) is 37.1 Å². The van der Waals surface area contributed by atoms with Gasteiger partial charge in [0.15, 0.2) is 0 Å². The minimum Gasteiger partial charge on any atom is -0.347 e. The van der Waals surface area contributed by atoms with Gasteiger partial charge in [0.2, 0.25) is 11.8 Å². The lowest BCUT2D eigenvalue weighted by atomic mass is 10.0. The van der Waals surface area contributed by atoms with Crippen LogP contribution < -0.4 is 10.6 Å². The van der Waals surface area contributed by atoms with Gasteiger partial charge < -0.3 is 10.6 Å². The second-order valence-corrected chi connectivity index (χ2v) is 8.41.